The van der Waals surface area contributed by atoms with Crippen molar-refractivity contribution in [1.82, 2.24) is 10.3 Å². The standard InChI is InChI=1S/C22H14Cl2F3N3O2/c23-15-5-7-18(17(24)12-15)32-19-8-6-16(22(25,26)27)20(30-19)13-3-1-4-14(11-13)21(31)29-10-2-9-28/h1,3-8,11-12H,2,10H2,(H,29,31). The highest BCUT2D eigenvalue weighted by molar-refractivity contribution is 6.35. The van der Waals surface area contributed by atoms with Crippen LogP contribution in [0.3, 0.4) is 0 Å². The largest absolute Gasteiger partial charge is 0.437 e. The topological polar surface area (TPSA) is 75.0 Å². The molecule has 0 saturated carbocycles. The van der Waals surface area contributed by atoms with Gasteiger partial charge in [0, 0.05) is 28.8 Å². The Kier molecular flexibility index (Phi) is 7.23. The van der Waals surface area contributed by atoms with Gasteiger partial charge in [-0.25, -0.2) is 4.98 Å². The van der Waals surface area contributed by atoms with E-state index in [1.807, 2.05) is 6.07 Å². The van der Waals surface area contributed by atoms with Crippen LogP contribution < -0.4 is 10.1 Å². The number of hydrogen-bond acceptors (Lipinski definition) is 4. The van der Waals surface area contributed by atoms with Crippen molar-refractivity contribution in [3.05, 3.63) is 75.8 Å². The lowest BCUT2D eigenvalue weighted by Crippen LogP contribution is -2.24. The highest BCUT2D eigenvalue weighted by Crippen LogP contribution is 2.38. The van der Waals surface area contributed by atoms with E-state index in [0.717, 1.165) is 12.1 Å². The smallest absolute Gasteiger partial charge is 0.418 e. The third-order valence-corrected chi connectivity index (χ3v) is 4.73. The molecular weight excluding hydrogens is 466 g/mol. The molecule has 1 heterocycles. The lowest BCUT2D eigenvalue weighted by atomic mass is 10.0. The maximum Gasteiger partial charge on any atom is 0.418 e. The second-order valence-corrected chi connectivity index (χ2v) is 7.31. The lowest BCUT2D eigenvalue weighted by molar-refractivity contribution is -0.137. The van der Waals surface area contributed by atoms with E-state index in [2.05, 4.69) is 10.3 Å². The van der Waals surface area contributed by atoms with Crippen molar-refractivity contribution in [2.24, 2.45) is 0 Å². The number of hydrogen-bond donors (Lipinski definition) is 1. The van der Waals surface area contributed by atoms with Crippen molar-refractivity contribution in [3.8, 4) is 29.0 Å². The number of amides is 1. The minimum atomic E-state index is -4.69. The van der Waals surface area contributed by atoms with Crippen LogP contribution >= 0.6 is 23.2 Å². The van der Waals surface area contributed by atoms with Crippen LogP contribution in [0.25, 0.3) is 11.3 Å². The van der Waals surface area contributed by atoms with Gasteiger partial charge in [-0.1, -0.05) is 35.3 Å². The van der Waals surface area contributed by atoms with Crippen molar-refractivity contribution < 1.29 is 22.7 Å². The molecule has 3 rings (SSSR count). The second-order valence-electron chi connectivity index (χ2n) is 6.47. The summed E-state index contributed by atoms with van der Waals surface area (Å²) in [6.45, 7) is 0.122. The molecule has 0 aliphatic carbocycles. The summed E-state index contributed by atoms with van der Waals surface area (Å²) in [5, 5.41) is 11.6. The fraction of sp³-hybridized carbons (Fsp3) is 0.136. The predicted molar refractivity (Wildman–Crippen MR) is 114 cm³/mol. The molecule has 164 valence electrons. The molecular formula is C22H14Cl2F3N3O2. The van der Waals surface area contributed by atoms with E-state index in [1.165, 1.54) is 42.5 Å². The Morgan fingerprint density at radius 1 is 1.12 bits per heavy atom. The summed E-state index contributed by atoms with van der Waals surface area (Å²) < 4.78 is 46.5. The van der Waals surface area contributed by atoms with E-state index in [0.29, 0.717) is 5.02 Å². The number of benzene rings is 2. The van der Waals surface area contributed by atoms with Crippen molar-refractivity contribution in [1.29, 1.82) is 5.26 Å². The number of alkyl halides is 3. The van der Waals surface area contributed by atoms with Gasteiger partial charge in [0.05, 0.1) is 28.8 Å². The average Bonchev–Trinajstić information content (AvgIpc) is 2.75. The van der Waals surface area contributed by atoms with E-state index in [-0.39, 0.29) is 40.7 Å². The Labute approximate surface area is 191 Å². The van der Waals surface area contributed by atoms with Gasteiger partial charge in [0.15, 0.2) is 0 Å². The normalized spacial score (nSPS) is 11.0. The van der Waals surface area contributed by atoms with Crippen molar-refractivity contribution >= 4 is 29.1 Å². The minimum absolute atomic E-state index is 0.0675. The fourth-order valence-corrected chi connectivity index (χ4v) is 3.21. The molecule has 0 spiro atoms. The zero-order valence-electron chi connectivity index (χ0n) is 16.2. The first kappa shape index (κ1) is 23.4. The Balaban J connectivity index is 2.00. The number of rotatable bonds is 6. The van der Waals surface area contributed by atoms with Gasteiger partial charge in [-0.3, -0.25) is 4.79 Å². The zero-order valence-corrected chi connectivity index (χ0v) is 17.7. The van der Waals surface area contributed by atoms with E-state index < -0.39 is 23.3 Å². The van der Waals surface area contributed by atoms with Crippen molar-refractivity contribution in [2.45, 2.75) is 12.6 Å². The Bertz CT molecular complexity index is 1190. The molecule has 0 radical (unpaired) electrons. The second kappa shape index (κ2) is 9.90. The molecule has 0 aliphatic rings. The molecule has 32 heavy (non-hydrogen) atoms. The van der Waals surface area contributed by atoms with Gasteiger partial charge in [0.1, 0.15) is 5.75 Å². The summed E-state index contributed by atoms with van der Waals surface area (Å²) in [6.07, 6.45) is -4.58. The van der Waals surface area contributed by atoms with Gasteiger partial charge in [-0.2, -0.15) is 18.4 Å². The molecule has 0 fully saturated rings. The number of nitrogens with one attached hydrogen (secondary N) is 1. The molecule has 1 N–H and O–H groups in total. The molecule has 0 aliphatic heterocycles. The molecule has 0 atom stereocenters. The van der Waals surface area contributed by atoms with Gasteiger partial charge >= 0.3 is 6.18 Å². The van der Waals surface area contributed by atoms with Gasteiger partial charge < -0.3 is 10.1 Å². The van der Waals surface area contributed by atoms with Crippen LogP contribution in [0, 0.1) is 11.3 Å². The number of pyridine rings is 1. The number of nitrogens with zero attached hydrogens (tertiary/aromatic N) is 2. The minimum Gasteiger partial charge on any atom is -0.437 e. The zero-order chi connectivity index (χ0) is 23.3. The van der Waals surface area contributed by atoms with Crippen LogP contribution in [0.1, 0.15) is 22.3 Å². The summed E-state index contributed by atoms with van der Waals surface area (Å²) >= 11 is 11.9. The van der Waals surface area contributed by atoms with Gasteiger partial charge in [-0.05, 0) is 36.4 Å². The fourth-order valence-electron chi connectivity index (χ4n) is 2.76. The van der Waals surface area contributed by atoms with Gasteiger partial charge in [0.25, 0.3) is 5.91 Å². The number of aromatic nitrogens is 1. The van der Waals surface area contributed by atoms with E-state index in [1.54, 1.807) is 0 Å². The average molecular weight is 480 g/mol. The van der Waals surface area contributed by atoms with Crippen LogP contribution in [-0.2, 0) is 6.18 Å². The first-order chi connectivity index (χ1) is 15.2. The molecule has 0 unspecified atom stereocenters. The Morgan fingerprint density at radius 3 is 2.59 bits per heavy atom. The van der Waals surface area contributed by atoms with Crippen LogP contribution in [0.2, 0.25) is 10.0 Å². The van der Waals surface area contributed by atoms with Gasteiger partial charge in [0.2, 0.25) is 5.88 Å². The van der Waals surface area contributed by atoms with Crippen LogP contribution in [-0.4, -0.2) is 17.4 Å². The highest BCUT2D eigenvalue weighted by Gasteiger charge is 2.35. The molecule has 0 bridgehead atoms. The van der Waals surface area contributed by atoms with Crippen LogP contribution in [0.5, 0.6) is 11.6 Å². The molecule has 10 heteroatoms. The summed E-state index contributed by atoms with van der Waals surface area (Å²) in [6, 6.07) is 13.8. The Hall–Kier alpha value is -3.28. The quantitative estimate of drug-likeness (QED) is 0.408. The Morgan fingerprint density at radius 2 is 1.91 bits per heavy atom. The van der Waals surface area contributed by atoms with Crippen molar-refractivity contribution in [3.63, 3.8) is 0 Å². The molecule has 0 saturated heterocycles. The molecule has 1 amide bonds. The number of carbonyl (C=O) groups excluding carboxylic acids is 1. The van der Waals surface area contributed by atoms with E-state index in [4.69, 9.17) is 33.2 Å². The summed E-state index contributed by atoms with van der Waals surface area (Å²) in [5.41, 5.74) is -1.21. The molecule has 3 aromatic rings. The first-order valence-electron chi connectivity index (χ1n) is 9.16. The van der Waals surface area contributed by atoms with E-state index in [9.17, 15) is 18.0 Å². The number of nitriles is 1. The molecule has 5 nitrogen and oxygen atoms in total. The van der Waals surface area contributed by atoms with E-state index >= 15 is 0 Å². The first-order valence-corrected chi connectivity index (χ1v) is 9.91. The SMILES string of the molecule is N#CCCNC(=O)c1cccc(-c2nc(Oc3ccc(Cl)cc3Cl)ccc2C(F)(F)F)c1. The summed E-state index contributed by atoms with van der Waals surface area (Å²) in [4.78, 5) is 16.3. The predicted octanol–water partition coefficient (Wildman–Crippen LogP) is 6.51. The van der Waals surface area contributed by atoms with Crippen LogP contribution in [0.15, 0.2) is 54.6 Å². The maximum atomic E-state index is 13.6. The molecule has 1 aromatic heterocycles. The lowest BCUT2D eigenvalue weighted by Gasteiger charge is -2.15. The number of halogens is 5. The highest BCUT2D eigenvalue weighted by atomic mass is 35.5. The third-order valence-electron chi connectivity index (χ3n) is 4.20. The number of carbonyl (C=O) groups is 1. The number of ether oxygens (including phenoxy) is 1. The van der Waals surface area contributed by atoms with Gasteiger partial charge in [-0.15, -0.1) is 0 Å². The third kappa shape index (κ3) is 5.69. The monoisotopic (exact) mass is 479 g/mol. The molecule has 2 aromatic carbocycles. The summed E-state index contributed by atoms with van der Waals surface area (Å²) in [5.74, 6) is -0.475. The van der Waals surface area contributed by atoms with Crippen LogP contribution in [0.4, 0.5) is 13.2 Å². The summed E-state index contributed by atoms with van der Waals surface area (Å²) in [7, 11) is 0. The maximum absolute atomic E-state index is 13.6. The van der Waals surface area contributed by atoms with Crippen molar-refractivity contribution in [2.75, 3.05) is 6.54 Å².